The van der Waals surface area contributed by atoms with E-state index in [1.807, 2.05) is 0 Å². The van der Waals surface area contributed by atoms with Crippen molar-refractivity contribution in [2.75, 3.05) is 12.4 Å². The number of benzene rings is 2. The van der Waals surface area contributed by atoms with Crippen LogP contribution in [0.15, 0.2) is 53.4 Å². The number of methoxy groups -OCH3 is 1. The Kier molecular flexibility index (Phi) is 8.10. The van der Waals surface area contributed by atoms with Gasteiger partial charge in [-0.25, -0.2) is 8.42 Å². The Labute approximate surface area is 195 Å². The molecule has 0 spiro atoms. The van der Waals surface area contributed by atoms with Crippen molar-refractivity contribution in [1.29, 1.82) is 0 Å². The van der Waals surface area contributed by atoms with Gasteiger partial charge in [0, 0.05) is 17.3 Å². The standard InChI is InChI=1S/C24H31N3O5S/c1-16(2)22(27-33(30,31)21-14-12-20(32-3)13-15-21)24(29)26-19-10-8-17(9-11-19)23(28)25-18-6-4-5-7-18/h8-16,18,22,27H,4-7H2,1-3H3,(H,25,28)(H,26,29)/t22-/m0/s1. The van der Waals surface area contributed by atoms with E-state index < -0.39 is 22.0 Å². The molecule has 1 aliphatic carbocycles. The van der Waals surface area contributed by atoms with Crippen LogP contribution in [0.5, 0.6) is 5.75 Å². The van der Waals surface area contributed by atoms with Crippen molar-refractivity contribution < 1.29 is 22.7 Å². The van der Waals surface area contributed by atoms with E-state index in [1.165, 1.54) is 19.2 Å². The summed E-state index contributed by atoms with van der Waals surface area (Å²) in [5, 5.41) is 5.76. The zero-order chi connectivity index (χ0) is 24.0. The van der Waals surface area contributed by atoms with Gasteiger partial charge in [-0.15, -0.1) is 0 Å². The molecule has 0 bridgehead atoms. The molecule has 0 aliphatic heterocycles. The van der Waals surface area contributed by atoms with Crippen LogP contribution in [0.25, 0.3) is 0 Å². The molecule has 3 rings (SSSR count). The molecule has 33 heavy (non-hydrogen) atoms. The second-order valence-electron chi connectivity index (χ2n) is 8.54. The fraction of sp³-hybridized carbons (Fsp3) is 0.417. The van der Waals surface area contributed by atoms with E-state index in [-0.39, 0.29) is 22.8 Å². The molecular formula is C24H31N3O5S. The second kappa shape index (κ2) is 10.8. The van der Waals surface area contributed by atoms with E-state index in [0.717, 1.165) is 25.7 Å². The van der Waals surface area contributed by atoms with E-state index in [1.54, 1.807) is 50.2 Å². The van der Waals surface area contributed by atoms with Crippen molar-refractivity contribution in [3.05, 3.63) is 54.1 Å². The molecule has 2 aromatic carbocycles. The van der Waals surface area contributed by atoms with E-state index in [9.17, 15) is 18.0 Å². The first-order valence-electron chi connectivity index (χ1n) is 11.1. The van der Waals surface area contributed by atoms with Crippen LogP contribution in [-0.4, -0.2) is 39.4 Å². The van der Waals surface area contributed by atoms with Gasteiger partial charge in [0.2, 0.25) is 15.9 Å². The molecule has 9 heteroatoms. The maximum absolute atomic E-state index is 12.9. The number of amides is 2. The predicted molar refractivity (Wildman–Crippen MR) is 127 cm³/mol. The van der Waals surface area contributed by atoms with Gasteiger partial charge in [-0.1, -0.05) is 26.7 Å². The molecule has 2 aromatic rings. The Hall–Kier alpha value is -2.91. The van der Waals surface area contributed by atoms with Crippen LogP contribution in [0.3, 0.4) is 0 Å². The quantitative estimate of drug-likeness (QED) is 0.517. The van der Waals surface area contributed by atoms with Crippen molar-refractivity contribution in [2.24, 2.45) is 5.92 Å². The molecular weight excluding hydrogens is 442 g/mol. The third-order valence-electron chi connectivity index (χ3n) is 5.71. The minimum absolute atomic E-state index is 0.0411. The third-order valence-corrected chi connectivity index (χ3v) is 7.16. The van der Waals surface area contributed by atoms with Crippen LogP contribution in [-0.2, 0) is 14.8 Å². The number of hydrogen-bond acceptors (Lipinski definition) is 5. The van der Waals surface area contributed by atoms with Gasteiger partial charge in [0.1, 0.15) is 11.8 Å². The first-order chi connectivity index (χ1) is 15.7. The smallest absolute Gasteiger partial charge is 0.251 e. The van der Waals surface area contributed by atoms with Gasteiger partial charge in [-0.2, -0.15) is 4.72 Å². The molecule has 0 aromatic heterocycles. The third kappa shape index (κ3) is 6.55. The van der Waals surface area contributed by atoms with Crippen LogP contribution < -0.4 is 20.1 Å². The number of hydrogen-bond donors (Lipinski definition) is 3. The number of carbonyl (C=O) groups excluding carboxylic acids is 2. The largest absolute Gasteiger partial charge is 0.497 e. The van der Waals surface area contributed by atoms with Crippen LogP contribution in [0.1, 0.15) is 49.9 Å². The Bertz CT molecular complexity index is 1060. The molecule has 0 radical (unpaired) electrons. The Morgan fingerprint density at radius 2 is 1.58 bits per heavy atom. The summed E-state index contributed by atoms with van der Waals surface area (Å²) in [5.41, 5.74) is 0.993. The average molecular weight is 474 g/mol. The lowest BCUT2D eigenvalue weighted by Gasteiger charge is -2.22. The number of rotatable bonds is 9. The molecule has 178 valence electrons. The lowest BCUT2D eigenvalue weighted by atomic mass is 10.0. The monoisotopic (exact) mass is 473 g/mol. The van der Waals surface area contributed by atoms with Gasteiger partial charge in [-0.3, -0.25) is 9.59 Å². The summed E-state index contributed by atoms with van der Waals surface area (Å²) in [6.07, 6.45) is 4.27. The second-order valence-corrected chi connectivity index (χ2v) is 10.3. The fourth-order valence-corrected chi connectivity index (χ4v) is 5.09. The van der Waals surface area contributed by atoms with Crippen LogP contribution in [0.4, 0.5) is 5.69 Å². The zero-order valence-electron chi connectivity index (χ0n) is 19.1. The van der Waals surface area contributed by atoms with E-state index in [2.05, 4.69) is 15.4 Å². The molecule has 1 fully saturated rings. The number of sulfonamides is 1. The minimum Gasteiger partial charge on any atom is -0.497 e. The van der Waals surface area contributed by atoms with Crippen molar-refractivity contribution >= 4 is 27.5 Å². The van der Waals surface area contributed by atoms with Crippen molar-refractivity contribution in [2.45, 2.75) is 56.5 Å². The number of nitrogens with one attached hydrogen (secondary N) is 3. The number of carbonyl (C=O) groups is 2. The number of ether oxygens (including phenoxy) is 1. The average Bonchev–Trinajstić information content (AvgIpc) is 3.30. The predicted octanol–water partition coefficient (Wildman–Crippen LogP) is 3.31. The molecule has 1 atom stereocenters. The normalized spacial score (nSPS) is 15.3. The summed E-state index contributed by atoms with van der Waals surface area (Å²) < 4.78 is 33.1. The highest BCUT2D eigenvalue weighted by Crippen LogP contribution is 2.20. The molecule has 0 saturated heterocycles. The lowest BCUT2D eigenvalue weighted by molar-refractivity contribution is -0.118. The molecule has 2 amide bonds. The van der Waals surface area contributed by atoms with Crippen molar-refractivity contribution in [1.82, 2.24) is 10.0 Å². The molecule has 0 heterocycles. The Morgan fingerprint density at radius 3 is 2.12 bits per heavy atom. The topological polar surface area (TPSA) is 114 Å². The minimum atomic E-state index is -3.92. The van der Waals surface area contributed by atoms with E-state index >= 15 is 0 Å². The summed E-state index contributed by atoms with van der Waals surface area (Å²) >= 11 is 0. The molecule has 3 N–H and O–H groups in total. The van der Waals surface area contributed by atoms with Gasteiger partial charge in [-0.05, 0) is 67.3 Å². The maximum Gasteiger partial charge on any atom is 0.251 e. The highest BCUT2D eigenvalue weighted by Gasteiger charge is 2.28. The first kappa shape index (κ1) is 24.7. The van der Waals surface area contributed by atoms with Gasteiger partial charge in [0.05, 0.1) is 12.0 Å². The van der Waals surface area contributed by atoms with Gasteiger partial charge in [0.15, 0.2) is 0 Å². The highest BCUT2D eigenvalue weighted by molar-refractivity contribution is 7.89. The van der Waals surface area contributed by atoms with Crippen molar-refractivity contribution in [3.8, 4) is 5.75 Å². The summed E-state index contributed by atoms with van der Waals surface area (Å²) in [6.45, 7) is 3.52. The zero-order valence-corrected chi connectivity index (χ0v) is 19.9. The molecule has 1 aliphatic rings. The summed E-state index contributed by atoms with van der Waals surface area (Å²) in [4.78, 5) is 25.3. The fourth-order valence-electron chi connectivity index (χ4n) is 3.75. The Balaban J connectivity index is 1.65. The highest BCUT2D eigenvalue weighted by atomic mass is 32.2. The SMILES string of the molecule is COc1ccc(S(=O)(=O)N[C@H](C(=O)Nc2ccc(C(=O)NC3CCCC3)cc2)C(C)C)cc1. The van der Waals surface area contributed by atoms with Gasteiger partial charge < -0.3 is 15.4 Å². The molecule has 8 nitrogen and oxygen atoms in total. The lowest BCUT2D eigenvalue weighted by Crippen LogP contribution is -2.47. The first-order valence-corrected chi connectivity index (χ1v) is 12.6. The number of anilines is 1. The van der Waals surface area contributed by atoms with E-state index in [4.69, 9.17) is 4.74 Å². The van der Waals surface area contributed by atoms with Crippen molar-refractivity contribution in [3.63, 3.8) is 0 Å². The summed E-state index contributed by atoms with van der Waals surface area (Å²) in [6, 6.07) is 11.7. The van der Waals surface area contributed by atoms with Crippen LogP contribution >= 0.6 is 0 Å². The molecule has 0 unspecified atom stereocenters. The maximum atomic E-state index is 12.9. The van der Waals surface area contributed by atoms with E-state index in [0.29, 0.717) is 17.0 Å². The summed E-state index contributed by atoms with van der Waals surface area (Å²) in [5.74, 6) is -0.376. The van der Waals surface area contributed by atoms with Crippen LogP contribution in [0, 0.1) is 5.92 Å². The van der Waals surface area contributed by atoms with Gasteiger partial charge in [0.25, 0.3) is 5.91 Å². The Morgan fingerprint density at radius 1 is 0.970 bits per heavy atom. The van der Waals surface area contributed by atoms with Gasteiger partial charge >= 0.3 is 0 Å². The molecule has 1 saturated carbocycles. The van der Waals surface area contributed by atoms with Crippen LogP contribution in [0.2, 0.25) is 0 Å². The summed E-state index contributed by atoms with van der Waals surface area (Å²) in [7, 11) is -2.42.